The molecule has 0 bridgehead atoms. The van der Waals surface area contributed by atoms with Crippen LogP contribution in [0.5, 0.6) is 0 Å². The molecule has 1 atom stereocenters. The lowest BCUT2D eigenvalue weighted by Gasteiger charge is -2.09. The SMILES string of the molecule is NCCC(C(=O)O)c1ccnc(N)n1. The molecule has 0 amide bonds. The summed E-state index contributed by atoms with van der Waals surface area (Å²) in [7, 11) is 0. The van der Waals surface area contributed by atoms with Crippen molar-refractivity contribution in [3.63, 3.8) is 0 Å². The maximum Gasteiger partial charge on any atom is 0.312 e. The van der Waals surface area contributed by atoms with Crippen molar-refractivity contribution in [2.75, 3.05) is 12.3 Å². The van der Waals surface area contributed by atoms with Gasteiger partial charge in [0.1, 0.15) is 5.92 Å². The Bertz CT molecular complexity index is 329. The van der Waals surface area contributed by atoms with Crippen LogP contribution < -0.4 is 11.5 Å². The average Bonchev–Trinajstić information content (AvgIpc) is 2.13. The van der Waals surface area contributed by atoms with Gasteiger partial charge in [0, 0.05) is 6.20 Å². The maximum absolute atomic E-state index is 10.8. The third kappa shape index (κ3) is 2.40. The van der Waals surface area contributed by atoms with E-state index in [-0.39, 0.29) is 5.95 Å². The first-order valence-electron chi connectivity index (χ1n) is 4.16. The second kappa shape index (κ2) is 4.52. The van der Waals surface area contributed by atoms with E-state index in [1.54, 1.807) is 0 Å². The maximum atomic E-state index is 10.8. The van der Waals surface area contributed by atoms with E-state index in [2.05, 4.69) is 9.97 Å². The van der Waals surface area contributed by atoms with Gasteiger partial charge in [-0.2, -0.15) is 0 Å². The van der Waals surface area contributed by atoms with Crippen molar-refractivity contribution in [2.24, 2.45) is 5.73 Å². The molecule has 0 spiro atoms. The van der Waals surface area contributed by atoms with Crippen molar-refractivity contribution in [3.8, 4) is 0 Å². The largest absolute Gasteiger partial charge is 0.481 e. The second-order valence-corrected chi connectivity index (χ2v) is 2.81. The summed E-state index contributed by atoms with van der Waals surface area (Å²) in [5.41, 5.74) is 11.0. The highest BCUT2D eigenvalue weighted by Gasteiger charge is 2.20. The highest BCUT2D eigenvalue weighted by atomic mass is 16.4. The summed E-state index contributed by atoms with van der Waals surface area (Å²) < 4.78 is 0. The molecule has 0 fully saturated rings. The van der Waals surface area contributed by atoms with E-state index in [1.165, 1.54) is 12.3 Å². The molecule has 1 rings (SSSR count). The van der Waals surface area contributed by atoms with Gasteiger partial charge in [0.2, 0.25) is 5.95 Å². The Morgan fingerprint density at radius 1 is 1.64 bits per heavy atom. The third-order valence-corrected chi connectivity index (χ3v) is 1.81. The van der Waals surface area contributed by atoms with Crippen LogP contribution in [0.4, 0.5) is 5.95 Å². The van der Waals surface area contributed by atoms with Crippen molar-refractivity contribution in [1.29, 1.82) is 0 Å². The van der Waals surface area contributed by atoms with E-state index in [0.717, 1.165) is 0 Å². The van der Waals surface area contributed by atoms with Gasteiger partial charge in [-0.15, -0.1) is 0 Å². The van der Waals surface area contributed by atoms with Crippen LogP contribution in [-0.2, 0) is 4.79 Å². The van der Waals surface area contributed by atoms with Crippen LogP contribution in [0.25, 0.3) is 0 Å². The van der Waals surface area contributed by atoms with Gasteiger partial charge in [0.15, 0.2) is 0 Å². The quantitative estimate of drug-likeness (QED) is 0.602. The molecule has 0 radical (unpaired) electrons. The Morgan fingerprint density at radius 3 is 2.86 bits per heavy atom. The van der Waals surface area contributed by atoms with E-state index < -0.39 is 11.9 Å². The Kier molecular flexibility index (Phi) is 3.35. The van der Waals surface area contributed by atoms with Crippen molar-refractivity contribution in [2.45, 2.75) is 12.3 Å². The van der Waals surface area contributed by atoms with Gasteiger partial charge >= 0.3 is 5.97 Å². The number of aliphatic carboxylic acids is 1. The number of anilines is 1. The van der Waals surface area contributed by atoms with Gasteiger partial charge in [-0.1, -0.05) is 0 Å². The molecule has 0 aliphatic carbocycles. The lowest BCUT2D eigenvalue weighted by Crippen LogP contribution is -2.17. The number of carboxylic acid groups (broad SMARTS) is 1. The number of carbonyl (C=O) groups is 1. The highest BCUT2D eigenvalue weighted by molar-refractivity contribution is 5.75. The van der Waals surface area contributed by atoms with Crippen LogP contribution in [0.3, 0.4) is 0 Å². The van der Waals surface area contributed by atoms with Gasteiger partial charge < -0.3 is 16.6 Å². The van der Waals surface area contributed by atoms with Crippen molar-refractivity contribution in [3.05, 3.63) is 18.0 Å². The molecule has 14 heavy (non-hydrogen) atoms. The van der Waals surface area contributed by atoms with Gasteiger partial charge in [-0.05, 0) is 19.0 Å². The Balaban J connectivity index is 2.93. The lowest BCUT2D eigenvalue weighted by molar-refractivity contribution is -0.139. The average molecular weight is 196 g/mol. The zero-order chi connectivity index (χ0) is 10.6. The van der Waals surface area contributed by atoms with Crippen LogP contribution in [0.2, 0.25) is 0 Å². The molecule has 6 nitrogen and oxygen atoms in total. The molecular formula is C8H12N4O2. The van der Waals surface area contributed by atoms with Crippen LogP contribution >= 0.6 is 0 Å². The molecule has 0 aliphatic heterocycles. The first-order chi connectivity index (χ1) is 6.65. The van der Waals surface area contributed by atoms with E-state index >= 15 is 0 Å². The fraction of sp³-hybridized carbons (Fsp3) is 0.375. The summed E-state index contributed by atoms with van der Waals surface area (Å²) in [6, 6.07) is 1.53. The minimum absolute atomic E-state index is 0.0748. The highest BCUT2D eigenvalue weighted by Crippen LogP contribution is 2.17. The number of nitrogens with zero attached hydrogens (tertiary/aromatic N) is 2. The molecule has 6 heteroatoms. The zero-order valence-corrected chi connectivity index (χ0v) is 7.55. The van der Waals surface area contributed by atoms with Crippen molar-refractivity contribution < 1.29 is 9.90 Å². The van der Waals surface area contributed by atoms with Crippen molar-refractivity contribution >= 4 is 11.9 Å². The summed E-state index contributed by atoms with van der Waals surface area (Å²) in [6.45, 7) is 0.293. The summed E-state index contributed by atoms with van der Waals surface area (Å²) in [6.07, 6.45) is 1.77. The number of hydrogen-bond acceptors (Lipinski definition) is 5. The molecule has 1 heterocycles. The molecule has 0 saturated heterocycles. The Morgan fingerprint density at radius 2 is 2.36 bits per heavy atom. The number of nitrogen functional groups attached to an aromatic ring is 1. The van der Waals surface area contributed by atoms with E-state index in [1.807, 2.05) is 0 Å². The molecule has 1 aromatic rings. The normalized spacial score (nSPS) is 12.4. The number of rotatable bonds is 4. The first-order valence-corrected chi connectivity index (χ1v) is 4.16. The van der Waals surface area contributed by atoms with Crippen LogP contribution in [0, 0.1) is 0 Å². The molecule has 1 aromatic heterocycles. The molecule has 76 valence electrons. The zero-order valence-electron chi connectivity index (χ0n) is 7.55. The van der Waals surface area contributed by atoms with E-state index in [9.17, 15) is 4.79 Å². The van der Waals surface area contributed by atoms with E-state index in [4.69, 9.17) is 16.6 Å². The molecule has 0 aliphatic rings. The number of carboxylic acids is 1. The second-order valence-electron chi connectivity index (χ2n) is 2.81. The van der Waals surface area contributed by atoms with Crippen LogP contribution in [-0.4, -0.2) is 27.6 Å². The lowest BCUT2D eigenvalue weighted by atomic mass is 10.0. The minimum atomic E-state index is -0.950. The predicted octanol–water partition coefficient (Wildman–Crippen LogP) is -0.424. The smallest absolute Gasteiger partial charge is 0.312 e. The number of nitrogens with two attached hydrogens (primary N) is 2. The van der Waals surface area contributed by atoms with Gasteiger partial charge in [0.05, 0.1) is 5.69 Å². The molecule has 0 saturated carbocycles. The summed E-state index contributed by atoms with van der Waals surface area (Å²) >= 11 is 0. The summed E-state index contributed by atoms with van der Waals surface area (Å²) in [4.78, 5) is 18.4. The predicted molar refractivity (Wildman–Crippen MR) is 50.5 cm³/mol. The van der Waals surface area contributed by atoms with E-state index in [0.29, 0.717) is 18.7 Å². The van der Waals surface area contributed by atoms with Crippen molar-refractivity contribution in [1.82, 2.24) is 9.97 Å². The first kappa shape index (κ1) is 10.4. The Labute approximate surface area is 81.0 Å². The van der Waals surface area contributed by atoms with Crippen LogP contribution in [0.1, 0.15) is 18.0 Å². The molecule has 5 N–H and O–H groups in total. The standard InChI is InChI=1S/C8H12N4O2/c9-3-1-5(7(13)14)6-2-4-11-8(10)12-6/h2,4-5H,1,3,9H2,(H,13,14)(H2,10,11,12). The monoisotopic (exact) mass is 196 g/mol. The fourth-order valence-corrected chi connectivity index (χ4v) is 1.15. The van der Waals surface area contributed by atoms with Gasteiger partial charge in [-0.3, -0.25) is 4.79 Å². The Hall–Kier alpha value is -1.69. The fourth-order valence-electron chi connectivity index (χ4n) is 1.15. The topological polar surface area (TPSA) is 115 Å². The third-order valence-electron chi connectivity index (χ3n) is 1.81. The van der Waals surface area contributed by atoms with Gasteiger partial charge in [-0.25, -0.2) is 9.97 Å². The minimum Gasteiger partial charge on any atom is -0.481 e. The summed E-state index contributed by atoms with van der Waals surface area (Å²) in [5.74, 6) is -1.58. The molecular weight excluding hydrogens is 184 g/mol. The molecule has 0 aromatic carbocycles. The molecule has 1 unspecified atom stereocenters. The van der Waals surface area contributed by atoms with Gasteiger partial charge in [0.25, 0.3) is 0 Å². The summed E-state index contributed by atoms with van der Waals surface area (Å²) in [5, 5.41) is 8.89. The number of hydrogen-bond donors (Lipinski definition) is 3. The van der Waals surface area contributed by atoms with Crippen LogP contribution in [0.15, 0.2) is 12.3 Å². The number of aromatic nitrogens is 2.